The molecule has 8 heteroatoms. The van der Waals surface area contributed by atoms with Gasteiger partial charge in [-0.15, -0.1) is 10.2 Å². The van der Waals surface area contributed by atoms with Crippen molar-refractivity contribution >= 4 is 33.8 Å². The van der Waals surface area contributed by atoms with Crippen molar-refractivity contribution in [3.8, 4) is 22.1 Å². The second-order valence-corrected chi connectivity index (χ2v) is 7.48. The van der Waals surface area contributed by atoms with Crippen LogP contribution in [0, 0.1) is 0 Å². The number of hydrogen-bond acceptors (Lipinski definition) is 7. The molecular weight excluding hydrogens is 400 g/mol. The van der Waals surface area contributed by atoms with Gasteiger partial charge in [-0.3, -0.25) is 4.79 Å². The molecular formula is C22H16N4O3S. The highest BCUT2D eigenvalue weighted by atomic mass is 32.1. The summed E-state index contributed by atoms with van der Waals surface area (Å²) in [5.74, 6) is 1.01. The lowest BCUT2D eigenvalue weighted by Gasteiger charge is -2.06. The van der Waals surface area contributed by atoms with Gasteiger partial charge in [-0.2, -0.15) is 0 Å². The summed E-state index contributed by atoms with van der Waals surface area (Å²) in [5, 5.41) is 16.1. The first kappa shape index (κ1) is 18.1. The molecule has 0 saturated heterocycles. The minimum Gasteiger partial charge on any atom is -0.454 e. The van der Waals surface area contributed by atoms with Gasteiger partial charge in [-0.1, -0.05) is 29.5 Å². The van der Waals surface area contributed by atoms with Gasteiger partial charge >= 0.3 is 0 Å². The van der Waals surface area contributed by atoms with Crippen LogP contribution in [-0.2, 0) is 0 Å². The Balaban J connectivity index is 1.26. The van der Waals surface area contributed by atoms with E-state index < -0.39 is 0 Å². The molecule has 1 aromatic heterocycles. The monoisotopic (exact) mass is 416 g/mol. The van der Waals surface area contributed by atoms with Crippen LogP contribution >= 0.6 is 11.3 Å². The molecule has 0 aliphatic carbocycles. The highest BCUT2D eigenvalue weighted by molar-refractivity contribution is 7.18. The number of ether oxygens (including phenoxy) is 2. The maximum Gasteiger partial charge on any atom is 0.255 e. The standard InChI is InChI=1S/C22H16N4O3S/c27-20(15-8-11-18-19(12-15)29-13-28-18)23-17-9-6-14(7-10-17)21-25-26-22(30-21)24-16-4-2-1-3-5-16/h1-12H,13H2,(H,23,27)(H,24,26). The summed E-state index contributed by atoms with van der Waals surface area (Å²) in [6, 6.07) is 22.4. The Morgan fingerprint density at radius 1 is 0.867 bits per heavy atom. The minimum atomic E-state index is -0.216. The predicted molar refractivity (Wildman–Crippen MR) is 116 cm³/mol. The Bertz CT molecular complexity index is 1190. The molecule has 30 heavy (non-hydrogen) atoms. The predicted octanol–water partition coefficient (Wildman–Crippen LogP) is 4.93. The molecule has 0 saturated carbocycles. The number of aromatic nitrogens is 2. The lowest BCUT2D eigenvalue weighted by Crippen LogP contribution is -2.11. The first-order valence-corrected chi connectivity index (χ1v) is 10.0. The molecule has 5 rings (SSSR count). The van der Waals surface area contributed by atoms with Crippen molar-refractivity contribution in [2.24, 2.45) is 0 Å². The number of carbonyl (C=O) groups is 1. The van der Waals surface area contributed by atoms with Gasteiger partial charge in [0.25, 0.3) is 5.91 Å². The summed E-state index contributed by atoms with van der Waals surface area (Å²) in [6.45, 7) is 0.177. The molecule has 1 aliphatic rings. The fourth-order valence-corrected chi connectivity index (χ4v) is 3.74. The van der Waals surface area contributed by atoms with E-state index in [2.05, 4.69) is 20.8 Å². The van der Waals surface area contributed by atoms with Gasteiger partial charge in [0.1, 0.15) is 5.01 Å². The molecule has 3 aromatic carbocycles. The number of fused-ring (bicyclic) bond motifs is 1. The van der Waals surface area contributed by atoms with Gasteiger partial charge in [0.05, 0.1) is 0 Å². The first-order valence-electron chi connectivity index (χ1n) is 9.22. The fraction of sp³-hybridized carbons (Fsp3) is 0.0455. The second kappa shape index (κ2) is 7.84. The zero-order valence-electron chi connectivity index (χ0n) is 15.7. The first-order chi connectivity index (χ1) is 14.7. The summed E-state index contributed by atoms with van der Waals surface area (Å²) >= 11 is 1.46. The van der Waals surface area contributed by atoms with Crippen LogP contribution in [-0.4, -0.2) is 22.9 Å². The van der Waals surface area contributed by atoms with Crippen LogP contribution in [0.15, 0.2) is 72.8 Å². The van der Waals surface area contributed by atoms with Crippen LogP contribution in [0.4, 0.5) is 16.5 Å². The highest BCUT2D eigenvalue weighted by Crippen LogP contribution is 2.33. The lowest BCUT2D eigenvalue weighted by atomic mass is 10.1. The van der Waals surface area contributed by atoms with Crippen molar-refractivity contribution in [3.63, 3.8) is 0 Å². The summed E-state index contributed by atoms with van der Waals surface area (Å²) in [4.78, 5) is 12.5. The number of amides is 1. The normalized spacial score (nSPS) is 11.9. The molecule has 148 valence electrons. The smallest absolute Gasteiger partial charge is 0.255 e. The quantitative estimate of drug-likeness (QED) is 0.480. The van der Waals surface area contributed by atoms with Gasteiger partial charge in [0.2, 0.25) is 11.9 Å². The highest BCUT2D eigenvalue weighted by Gasteiger charge is 2.16. The van der Waals surface area contributed by atoms with E-state index in [0.717, 1.165) is 21.4 Å². The number of nitrogens with one attached hydrogen (secondary N) is 2. The second-order valence-electron chi connectivity index (χ2n) is 6.50. The number of carbonyl (C=O) groups excluding carboxylic acids is 1. The van der Waals surface area contributed by atoms with Gasteiger partial charge < -0.3 is 20.1 Å². The number of nitrogens with zero attached hydrogens (tertiary/aromatic N) is 2. The molecule has 4 aromatic rings. The van der Waals surface area contributed by atoms with Crippen molar-refractivity contribution in [3.05, 3.63) is 78.4 Å². The average molecular weight is 416 g/mol. The zero-order valence-corrected chi connectivity index (χ0v) is 16.5. The third-order valence-corrected chi connectivity index (χ3v) is 5.36. The Morgan fingerprint density at radius 2 is 1.67 bits per heavy atom. The van der Waals surface area contributed by atoms with Crippen molar-refractivity contribution in [2.45, 2.75) is 0 Å². The molecule has 1 aliphatic heterocycles. The maximum atomic E-state index is 12.5. The van der Waals surface area contributed by atoms with Gasteiger partial charge in [0.15, 0.2) is 11.5 Å². The van der Waals surface area contributed by atoms with Crippen molar-refractivity contribution < 1.29 is 14.3 Å². The molecule has 0 fully saturated rings. The van der Waals surface area contributed by atoms with Crippen molar-refractivity contribution in [1.29, 1.82) is 0 Å². The summed E-state index contributed by atoms with van der Waals surface area (Å²) in [6.07, 6.45) is 0. The Hall–Kier alpha value is -3.91. The van der Waals surface area contributed by atoms with Crippen molar-refractivity contribution in [1.82, 2.24) is 10.2 Å². The number of para-hydroxylation sites is 1. The van der Waals surface area contributed by atoms with Crippen LogP contribution in [0.3, 0.4) is 0 Å². The molecule has 0 unspecified atom stereocenters. The van der Waals surface area contributed by atoms with Crippen LogP contribution in [0.5, 0.6) is 11.5 Å². The maximum absolute atomic E-state index is 12.5. The van der Waals surface area contributed by atoms with Crippen LogP contribution in [0.1, 0.15) is 10.4 Å². The van der Waals surface area contributed by atoms with E-state index in [1.165, 1.54) is 11.3 Å². The summed E-state index contributed by atoms with van der Waals surface area (Å²) < 4.78 is 10.6. The SMILES string of the molecule is O=C(Nc1ccc(-c2nnc(Nc3ccccc3)s2)cc1)c1ccc2c(c1)OCO2. The molecule has 1 amide bonds. The van der Waals surface area contributed by atoms with E-state index in [-0.39, 0.29) is 12.7 Å². The van der Waals surface area contributed by atoms with Gasteiger partial charge in [-0.25, -0.2) is 0 Å². The molecule has 2 N–H and O–H groups in total. The molecule has 0 atom stereocenters. The number of anilines is 3. The third kappa shape index (κ3) is 3.81. The van der Waals surface area contributed by atoms with Crippen LogP contribution < -0.4 is 20.1 Å². The molecule has 7 nitrogen and oxygen atoms in total. The average Bonchev–Trinajstić information content (AvgIpc) is 3.44. The summed E-state index contributed by atoms with van der Waals surface area (Å²) in [7, 11) is 0. The Kier molecular flexibility index (Phi) is 4.74. The number of hydrogen-bond donors (Lipinski definition) is 2. The topological polar surface area (TPSA) is 85.4 Å². The molecule has 0 spiro atoms. The van der Waals surface area contributed by atoms with E-state index in [1.54, 1.807) is 18.2 Å². The van der Waals surface area contributed by atoms with Crippen LogP contribution in [0.25, 0.3) is 10.6 Å². The van der Waals surface area contributed by atoms with E-state index in [9.17, 15) is 4.79 Å². The minimum absolute atomic E-state index is 0.177. The van der Waals surface area contributed by atoms with Gasteiger partial charge in [0, 0.05) is 22.5 Å². The van der Waals surface area contributed by atoms with Gasteiger partial charge in [-0.05, 0) is 54.6 Å². The molecule has 2 heterocycles. The molecule has 0 radical (unpaired) electrons. The Morgan fingerprint density at radius 3 is 2.50 bits per heavy atom. The van der Waals surface area contributed by atoms with Crippen LogP contribution in [0.2, 0.25) is 0 Å². The fourth-order valence-electron chi connectivity index (χ4n) is 2.97. The number of benzene rings is 3. The number of rotatable bonds is 5. The summed E-state index contributed by atoms with van der Waals surface area (Å²) in [5.41, 5.74) is 3.08. The molecule has 0 bridgehead atoms. The largest absolute Gasteiger partial charge is 0.454 e. The zero-order chi connectivity index (χ0) is 20.3. The van der Waals surface area contributed by atoms with E-state index in [1.807, 2.05) is 54.6 Å². The van der Waals surface area contributed by atoms with E-state index in [0.29, 0.717) is 22.7 Å². The Labute approximate surface area is 176 Å². The van der Waals surface area contributed by atoms with E-state index >= 15 is 0 Å². The van der Waals surface area contributed by atoms with E-state index in [4.69, 9.17) is 9.47 Å². The third-order valence-electron chi connectivity index (χ3n) is 4.47. The van der Waals surface area contributed by atoms with Crippen molar-refractivity contribution in [2.75, 3.05) is 17.4 Å². The lowest BCUT2D eigenvalue weighted by molar-refractivity contribution is 0.102.